The highest BCUT2D eigenvalue weighted by molar-refractivity contribution is 7.26. The van der Waals surface area contributed by atoms with Gasteiger partial charge < -0.3 is 14.5 Å². The van der Waals surface area contributed by atoms with E-state index >= 15 is 0 Å². The molecular weight excluding hydrogens is 809 g/mol. The van der Waals surface area contributed by atoms with Crippen LogP contribution in [0.2, 0.25) is 0 Å². The van der Waals surface area contributed by atoms with Crippen molar-refractivity contribution in [2.45, 2.75) is 5.41 Å². The molecule has 0 saturated heterocycles. The van der Waals surface area contributed by atoms with Crippen LogP contribution in [-0.2, 0) is 5.41 Å². The molecule has 0 atom stereocenters. The standard InChI is InChI=1S/C61H40N2OS/c1-4-18-42(19-5-1)62(43-20-6-2-7-21-43)45-34-32-41(33-35-45)47-37-38-50-49-25-11-17-31-58(49)65-60(50)59(47)63(44-22-8-3-9-23-44)46-36-39-53-51(40-46)48-24-10-12-26-52(48)61(53)54-27-13-15-29-56(54)64-57-30-16-14-28-55(57)61/h1-40H. The molecule has 2 aliphatic rings. The Morgan fingerprint density at radius 2 is 0.846 bits per heavy atom. The Morgan fingerprint density at radius 3 is 1.51 bits per heavy atom. The Kier molecular flexibility index (Phi) is 8.62. The molecular formula is C61H40N2OS. The molecule has 0 bridgehead atoms. The summed E-state index contributed by atoms with van der Waals surface area (Å²) < 4.78 is 9.17. The molecule has 10 aromatic carbocycles. The van der Waals surface area contributed by atoms with E-state index < -0.39 is 5.41 Å². The fraction of sp³-hybridized carbons (Fsp3) is 0.0164. The highest BCUT2D eigenvalue weighted by atomic mass is 32.1. The topological polar surface area (TPSA) is 15.7 Å². The third kappa shape index (κ3) is 5.74. The van der Waals surface area contributed by atoms with Gasteiger partial charge in [-0.05, 0) is 107 Å². The Morgan fingerprint density at radius 1 is 0.338 bits per heavy atom. The van der Waals surface area contributed by atoms with Crippen LogP contribution >= 0.6 is 11.3 Å². The summed E-state index contributed by atoms with van der Waals surface area (Å²) in [6, 6.07) is 88.0. The van der Waals surface area contributed by atoms with Crippen molar-refractivity contribution >= 4 is 65.6 Å². The first-order chi connectivity index (χ1) is 32.3. The van der Waals surface area contributed by atoms with E-state index in [0.29, 0.717) is 0 Å². The molecule has 4 heteroatoms. The van der Waals surface area contributed by atoms with E-state index in [9.17, 15) is 0 Å². The molecule has 13 rings (SSSR count). The van der Waals surface area contributed by atoms with Gasteiger partial charge in [0.15, 0.2) is 0 Å². The number of ether oxygens (including phenoxy) is 1. The molecule has 1 aliphatic heterocycles. The summed E-state index contributed by atoms with van der Waals surface area (Å²) in [6.45, 7) is 0. The molecule has 306 valence electrons. The van der Waals surface area contributed by atoms with Crippen molar-refractivity contribution in [3.05, 3.63) is 265 Å². The van der Waals surface area contributed by atoms with Gasteiger partial charge in [0.2, 0.25) is 0 Å². The van der Waals surface area contributed by atoms with Crippen molar-refractivity contribution in [2.24, 2.45) is 0 Å². The Balaban J connectivity index is 1.04. The molecule has 65 heavy (non-hydrogen) atoms. The zero-order valence-corrected chi connectivity index (χ0v) is 36.1. The van der Waals surface area contributed by atoms with Crippen LogP contribution in [0.1, 0.15) is 22.3 Å². The lowest BCUT2D eigenvalue weighted by Crippen LogP contribution is -2.32. The molecule has 0 saturated carbocycles. The van der Waals surface area contributed by atoms with Crippen LogP contribution in [0.15, 0.2) is 243 Å². The molecule has 1 aromatic heterocycles. The zero-order valence-electron chi connectivity index (χ0n) is 35.3. The summed E-state index contributed by atoms with van der Waals surface area (Å²) in [7, 11) is 0. The van der Waals surface area contributed by atoms with E-state index in [1.807, 2.05) is 11.3 Å². The normalized spacial score (nSPS) is 12.9. The number of anilines is 6. The number of nitrogens with zero attached hydrogens (tertiary/aromatic N) is 2. The van der Waals surface area contributed by atoms with Crippen molar-refractivity contribution in [2.75, 3.05) is 9.80 Å². The van der Waals surface area contributed by atoms with Gasteiger partial charge in [0.05, 0.1) is 15.8 Å². The van der Waals surface area contributed by atoms with Gasteiger partial charge in [-0.3, -0.25) is 0 Å². The van der Waals surface area contributed by atoms with Crippen molar-refractivity contribution in [3.63, 3.8) is 0 Å². The number of rotatable bonds is 7. The van der Waals surface area contributed by atoms with Crippen molar-refractivity contribution in [1.29, 1.82) is 0 Å². The van der Waals surface area contributed by atoms with Crippen molar-refractivity contribution in [3.8, 4) is 33.8 Å². The minimum absolute atomic E-state index is 0.542. The number of para-hydroxylation sites is 5. The van der Waals surface area contributed by atoms with Gasteiger partial charge in [-0.15, -0.1) is 11.3 Å². The Bertz CT molecular complexity index is 3500. The average Bonchev–Trinajstić information content (AvgIpc) is 3.90. The summed E-state index contributed by atoms with van der Waals surface area (Å²) in [4.78, 5) is 4.82. The third-order valence-electron chi connectivity index (χ3n) is 13.3. The first-order valence-electron chi connectivity index (χ1n) is 22.2. The van der Waals surface area contributed by atoms with Gasteiger partial charge in [0.25, 0.3) is 0 Å². The van der Waals surface area contributed by atoms with Crippen molar-refractivity contribution in [1.82, 2.24) is 0 Å². The largest absolute Gasteiger partial charge is 0.457 e. The van der Waals surface area contributed by atoms with Crippen LogP contribution < -0.4 is 14.5 Å². The van der Waals surface area contributed by atoms with Crippen LogP contribution in [0, 0.1) is 0 Å². The van der Waals surface area contributed by atoms with E-state index in [0.717, 1.165) is 67.9 Å². The van der Waals surface area contributed by atoms with Gasteiger partial charge in [0.1, 0.15) is 11.5 Å². The van der Waals surface area contributed by atoms with Gasteiger partial charge in [-0.2, -0.15) is 0 Å². The summed E-state index contributed by atoms with van der Waals surface area (Å²) in [6.07, 6.45) is 0. The van der Waals surface area contributed by atoms with Crippen molar-refractivity contribution < 1.29 is 4.74 Å². The molecule has 1 aliphatic carbocycles. The summed E-state index contributed by atoms with van der Waals surface area (Å²) in [5.74, 6) is 1.79. The summed E-state index contributed by atoms with van der Waals surface area (Å²) in [5, 5.41) is 2.52. The zero-order chi connectivity index (χ0) is 42.9. The molecule has 0 unspecified atom stereocenters. The fourth-order valence-electron chi connectivity index (χ4n) is 10.6. The molecule has 1 spiro atoms. The molecule has 3 nitrogen and oxygen atoms in total. The lowest BCUT2D eigenvalue weighted by Gasteiger charge is -2.39. The van der Waals surface area contributed by atoms with E-state index in [1.54, 1.807) is 0 Å². The maximum atomic E-state index is 6.65. The first-order valence-corrected chi connectivity index (χ1v) is 23.0. The predicted molar refractivity (Wildman–Crippen MR) is 272 cm³/mol. The van der Waals surface area contributed by atoms with Gasteiger partial charge in [-0.25, -0.2) is 0 Å². The number of benzene rings is 10. The average molecular weight is 849 g/mol. The smallest absolute Gasteiger partial charge is 0.132 e. The van der Waals surface area contributed by atoms with Crippen LogP contribution in [-0.4, -0.2) is 0 Å². The molecule has 2 heterocycles. The number of hydrogen-bond acceptors (Lipinski definition) is 4. The number of fused-ring (bicyclic) bond motifs is 12. The second-order valence-corrected chi connectivity index (χ2v) is 17.8. The maximum absolute atomic E-state index is 6.65. The highest BCUT2D eigenvalue weighted by Gasteiger charge is 2.51. The lowest BCUT2D eigenvalue weighted by molar-refractivity contribution is 0.436. The Hall–Kier alpha value is -8.18. The monoisotopic (exact) mass is 848 g/mol. The van der Waals surface area contributed by atoms with E-state index in [4.69, 9.17) is 4.74 Å². The van der Waals surface area contributed by atoms with Gasteiger partial charge >= 0.3 is 0 Å². The summed E-state index contributed by atoms with van der Waals surface area (Å²) >= 11 is 1.87. The second-order valence-electron chi connectivity index (χ2n) is 16.8. The minimum Gasteiger partial charge on any atom is -0.457 e. The fourth-order valence-corrected chi connectivity index (χ4v) is 11.8. The second kappa shape index (κ2) is 15.0. The van der Waals surface area contributed by atoms with Gasteiger partial charge in [0, 0.05) is 60.6 Å². The quantitative estimate of drug-likeness (QED) is 0.159. The maximum Gasteiger partial charge on any atom is 0.132 e. The first kappa shape index (κ1) is 37.4. The lowest BCUT2D eigenvalue weighted by atomic mass is 9.66. The summed E-state index contributed by atoms with van der Waals surface area (Å²) in [5.41, 5.74) is 15.8. The van der Waals surface area contributed by atoms with E-state index in [-0.39, 0.29) is 0 Å². The molecule has 0 amide bonds. The van der Waals surface area contributed by atoms with Crippen LogP contribution in [0.3, 0.4) is 0 Å². The Labute approximate surface area is 382 Å². The molecule has 0 radical (unpaired) electrons. The van der Waals surface area contributed by atoms with Gasteiger partial charge in [-0.1, -0.05) is 164 Å². The van der Waals surface area contributed by atoms with Crippen LogP contribution in [0.25, 0.3) is 42.4 Å². The van der Waals surface area contributed by atoms with E-state index in [2.05, 4.69) is 252 Å². The number of hydrogen-bond donors (Lipinski definition) is 0. The molecule has 0 fully saturated rings. The van der Waals surface area contributed by atoms with Crippen LogP contribution in [0.4, 0.5) is 34.1 Å². The predicted octanol–water partition coefficient (Wildman–Crippen LogP) is 17.1. The van der Waals surface area contributed by atoms with E-state index in [1.165, 1.54) is 42.4 Å². The molecule has 11 aromatic rings. The number of thiophene rings is 1. The molecule has 0 N–H and O–H groups in total. The third-order valence-corrected chi connectivity index (χ3v) is 14.5. The minimum atomic E-state index is -0.542. The van der Waals surface area contributed by atoms with Crippen LogP contribution in [0.5, 0.6) is 11.5 Å². The SMILES string of the molecule is c1ccc(N(c2ccccc2)c2ccc(-c3ccc4c(sc5ccccc54)c3N(c3ccccc3)c3ccc4c(c3)-c3ccccc3C43c4ccccc4Oc4ccccc43)cc2)cc1. The highest BCUT2D eigenvalue weighted by Crippen LogP contribution is 2.63.